The predicted octanol–water partition coefficient (Wildman–Crippen LogP) is -4.04. The SMILES string of the molecule is C[C@@H]1O[C@@H](Oc2cc(O)c3c(=O)c(O[C@@H]4O[C@H](CO[C@H]5O[C@@H](C)[C@H](O)[C@@H](O)[C@H]5O)[C@H](O)[C@H](O)[C@H]4O[C@@H]4O[C@@H](C)[C@H](O)[C@@H](O)[C@H]4O)c(-c4cccc(O)c4)oc3c2)[C@H](O)[C@H](O)[C@H]1O. The van der Waals surface area contributed by atoms with E-state index >= 15 is 0 Å². The highest BCUT2D eigenvalue weighted by Gasteiger charge is 2.52. The predicted molar refractivity (Wildman–Crippen MR) is 201 cm³/mol. The highest BCUT2D eigenvalue weighted by atomic mass is 16.8. The van der Waals surface area contributed by atoms with Crippen LogP contribution in [0.2, 0.25) is 0 Å². The van der Waals surface area contributed by atoms with Gasteiger partial charge < -0.3 is 109 Å². The number of hydrogen-bond donors (Lipinski definition) is 13. The summed E-state index contributed by atoms with van der Waals surface area (Å²) in [5.41, 5.74) is -1.47. The molecule has 4 saturated heterocycles. The fourth-order valence-electron chi connectivity index (χ4n) is 7.54. The zero-order valence-corrected chi connectivity index (χ0v) is 33.1. The summed E-state index contributed by atoms with van der Waals surface area (Å²) in [6, 6.07) is 7.33. The molecule has 23 nitrogen and oxygen atoms in total. The van der Waals surface area contributed by atoms with Crippen LogP contribution in [-0.2, 0) is 28.4 Å². The quantitative estimate of drug-likeness (QED) is 0.0921. The molecule has 62 heavy (non-hydrogen) atoms. The minimum absolute atomic E-state index is 0.00852. The fraction of sp³-hybridized carbons (Fsp3) is 0.615. The van der Waals surface area contributed by atoms with Gasteiger partial charge in [-0.1, -0.05) is 12.1 Å². The number of rotatable bonds is 10. The smallest absolute Gasteiger partial charge is 0.239 e. The molecule has 4 aliphatic rings. The van der Waals surface area contributed by atoms with Gasteiger partial charge in [0.15, 0.2) is 24.4 Å². The van der Waals surface area contributed by atoms with E-state index in [2.05, 4.69) is 0 Å². The second-order valence-corrected chi connectivity index (χ2v) is 15.7. The van der Waals surface area contributed by atoms with Crippen LogP contribution >= 0.6 is 0 Å². The molecule has 2 aromatic carbocycles. The number of phenolic OH excluding ortho intramolecular Hbond substituents is 2. The van der Waals surface area contributed by atoms with Crippen molar-refractivity contribution in [3.05, 3.63) is 46.6 Å². The second kappa shape index (κ2) is 18.3. The van der Waals surface area contributed by atoms with Crippen LogP contribution < -0.4 is 14.9 Å². The molecule has 0 spiro atoms. The Labute approximate surface area is 350 Å². The van der Waals surface area contributed by atoms with Crippen LogP contribution in [0.5, 0.6) is 23.0 Å². The molecule has 13 N–H and O–H groups in total. The van der Waals surface area contributed by atoms with E-state index in [9.17, 15) is 71.2 Å². The molecule has 4 aliphatic heterocycles. The maximum absolute atomic E-state index is 14.5. The molecule has 5 heterocycles. The van der Waals surface area contributed by atoms with Crippen LogP contribution in [-0.4, -0.2) is 196 Å². The Hall–Kier alpha value is -3.83. The summed E-state index contributed by atoms with van der Waals surface area (Å²) in [6.07, 6.45) is -32.9. The van der Waals surface area contributed by atoms with Crippen LogP contribution in [0.15, 0.2) is 45.6 Å². The lowest BCUT2D eigenvalue weighted by atomic mass is 9.97. The number of aliphatic hydroxyl groups excluding tert-OH is 11. The van der Waals surface area contributed by atoms with E-state index < -0.39 is 158 Å². The molecule has 0 saturated carbocycles. The molecule has 7 rings (SSSR count). The van der Waals surface area contributed by atoms with Crippen LogP contribution in [0.25, 0.3) is 22.3 Å². The van der Waals surface area contributed by atoms with E-state index in [1.807, 2.05) is 0 Å². The first kappa shape index (κ1) is 46.2. The van der Waals surface area contributed by atoms with Gasteiger partial charge in [0.25, 0.3) is 0 Å². The number of aliphatic hydroxyl groups is 11. The van der Waals surface area contributed by atoms with Gasteiger partial charge >= 0.3 is 0 Å². The molecule has 0 bridgehead atoms. The van der Waals surface area contributed by atoms with Crippen LogP contribution in [0.1, 0.15) is 20.8 Å². The van der Waals surface area contributed by atoms with Gasteiger partial charge in [0, 0.05) is 17.7 Å². The van der Waals surface area contributed by atoms with Crippen molar-refractivity contribution in [1.82, 2.24) is 0 Å². The van der Waals surface area contributed by atoms with Gasteiger partial charge in [-0.2, -0.15) is 0 Å². The van der Waals surface area contributed by atoms with Gasteiger partial charge in [-0.05, 0) is 32.9 Å². The molecule has 20 atom stereocenters. The summed E-state index contributed by atoms with van der Waals surface area (Å²) < 4.78 is 51.9. The Morgan fingerprint density at radius 1 is 0.581 bits per heavy atom. The van der Waals surface area contributed by atoms with E-state index in [0.29, 0.717) is 0 Å². The van der Waals surface area contributed by atoms with Crippen LogP contribution in [0.4, 0.5) is 0 Å². The summed E-state index contributed by atoms with van der Waals surface area (Å²) >= 11 is 0. The minimum atomic E-state index is -2.06. The van der Waals surface area contributed by atoms with Gasteiger partial charge in [-0.3, -0.25) is 4.79 Å². The lowest BCUT2D eigenvalue weighted by molar-refractivity contribution is -0.360. The van der Waals surface area contributed by atoms with Crippen molar-refractivity contribution in [2.24, 2.45) is 0 Å². The number of aromatic hydroxyl groups is 2. The topological polar surface area (TPSA) is 367 Å². The first-order valence-electron chi connectivity index (χ1n) is 19.6. The Bertz CT molecular complexity index is 2080. The average Bonchev–Trinajstić information content (AvgIpc) is 3.23. The lowest BCUT2D eigenvalue weighted by Crippen LogP contribution is -2.65. The standard InChI is InChI=1S/C39H50O23/c1-11-21(42)26(47)30(51)36(55-11)54-10-19-24(45)29(50)35(62-38-32(53)28(49)23(44)13(3)57-38)39(60-19)61-34-25(46)20-17(41)8-16(58-37-31(52)27(48)22(43)12(2)56-37)9-18(20)59-33(34)14-5-4-6-15(40)7-14/h4-9,11-13,19,21-24,26-32,35-45,47-53H,10H2,1-3H3/t11-,12-,13-,19+,21-,22-,23-,24-,26+,27+,28+,29-,30+,31+,32+,35+,36-,37-,38-,39-/m0/s1. The third kappa shape index (κ3) is 8.83. The maximum Gasteiger partial charge on any atom is 0.239 e. The third-order valence-corrected chi connectivity index (χ3v) is 11.3. The van der Waals surface area contributed by atoms with E-state index in [1.54, 1.807) is 0 Å². The Kier molecular flexibility index (Phi) is 13.7. The minimum Gasteiger partial charge on any atom is -0.508 e. The molecule has 0 radical (unpaired) electrons. The van der Waals surface area contributed by atoms with Crippen molar-refractivity contribution in [2.45, 2.75) is 144 Å². The van der Waals surface area contributed by atoms with Crippen molar-refractivity contribution in [3.8, 4) is 34.3 Å². The number of hydrogen-bond acceptors (Lipinski definition) is 23. The van der Waals surface area contributed by atoms with Gasteiger partial charge in [0.2, 0.25) is 23.8 Å². The molecule has 4 fully saturated rings. The fourth-order valence-corrected chi connectivity index (χ4v) is 7.54. The Morgan fingerprint density at radius 2 is 1.15 bits per heavy atom. The summed E-state index contributed by atoms with van der Waals surface area (Å²) in [7, 11) is 0. The highest BCUT2D eigenvalue weighted by Crippen LogP contribution is 2.40. The Morgan fingerprint density at radius 3 is 1.76 bits per heavy atom. The van der Waals surface area contributed by atoms with E-state index in [0.717, 1.165) is 12.1 Å². The average molecular weight is 887 g/mol. The highest BCUT2D eigenvalue weighted by molar-refractivity contribution is 5.88. The number of phenols is 2. The molecule has 1 aromatic heterocycles. The van der Waals surface area contributed by atoms with Crippen molar-refractivity contribution in [1.29, 1.82) is 0 Å². The van der Waals surface area contributed by atoms with Crippen LogP contribution in [0, 0.1) is 0 Å². The van der Waals surface area contributed by atoms with E-state index in [4.69, 9.17) is 42.3 Å². The molecule has 344 valence electrons. The van der Waals surface area contributed by atoms with Gasteiger partial charge in [0.1, 0.15) is 101 Å². The number of ether oxygens (including phenoxy) is 8. The zero-order chi connectivity index (χ0) is 45.1. The molecule has 0 unspecified atom stereocenters. The summed E-state index contributed by atoms with van der Waals surface area (Å²) in [5.74, 6) is -2.51. The second-order valence-electron chi connectivity index (χ2n) is 15.7. The van der Waals surface area contributed by atoms with Crippen molar-refractivity contribution in [2.75, 3.05) is 6.61 Å². The first-order chi connectivity index (χ1) is 29.3. The lowest BCUT2D eigenvalue weighted by Gasteiger charge is -2.46. The largest absolute Gasteiger partial charge is 0.508 e. The number of benzene rings is 2. The normalized spacial score (nSPS) is 41.5. The molecular weight excluding hydrogens is 836 g/mol. The van der Waals surface area contributed by atoms with E-state index in [-0.39, 0.29) is 22.6 Å². The van der Waals surface area contributed by atoms with Crippen molar-refractivity contribution in [3.63, 3.8) is 0 Å². The summed E-state index contributed by atoms with van der Waals surface area (Å²) in [4.78, 5) is 14.5. The monoisotopic (exact) mass is 886 g/mol. The molecule has 0 amide bonds. The summed E-state index contributed by atoms with van der Waals surface area (Å²) in [6.45, 7) is 3.45. The van der Waals surface area contributed by atoms with Crippen molar-refractivity contribution >= 4 is 11.0 Å². The van der Waals surface area contributed by atoms with E-state index in [1.165, 1.54) is 45.0 Å². The van der Waals surface area contributed by atoms with Gasteiger partial charge in [0.05, 0.1) is 24.9 Å². The van der Waals surface area contributed by atoms with Crippen molar-refractivity contribution < 1.29 is 109 Å². The molecule has 3 aromatic rings. The molecule has 23 heteroatoms. The third-order valence-electron chi connectivity index (χ3n) is 11.3. The first-order valence-corrected chi connectivity index (χ1v) is 19.6. The Balaban J connectivity index is 1.27. The zero-order valence-electron chi connectivity index (χ0n) is 33.1. The molecule has 0 aliphatic carbocycles. The van der Waals surface area contributed by atoms with Gasteiger partial charge in [-0.15, -0.1) is 0 Å². The molecular formula is C39H50O23. The number of fused-ring (bicyclic) bond motifs is 1. The van der Waals surface area contributed by atoms with Gasteiger partial charge in [-0.25, -0.2) is 0 Å². The van der Waals surface area contributed by atoms with Crippen LogP contribution in [0.3, 0.4) is 0 Å². The maximum atomic E-state index is 14.5. The summed E-state index contributed by atoms with van der Waals surface area (Å²) in [5, 5.41) is 137.